The van der Waals surface area contributed by atoms with Gasteiger partial charge in [0.05, 0.1) is 21.3 Å². The SMILES string of the molecule is COc1cc(C(=O)NCC2(c3ccccc3)CCC2)cc(OC)c1OC. The van der Waals surface area contributed by atoms with E-state index in [0.29, 0.717) is 29.4 Å². The van der Waals surface area contributed by atoms with Crippen molar-refractivity contribution < 1.29 is 19.0 Å². The Kier molecular flexibility index (Phi) is 5.35. The predicted octanol–water partition coefficient (Wildman–Crippen LogP) is 3.56. The number of ether oxygens (including phenoxy) is 3. The van der Waals surface area contributed by atoms with Crippen LogP contribution in [0.4, 0.5) is 0 Å². The van der Waals surface area contributed by atoms with Crippen LogP contribution in [0, 0.1) is 0 Å². The van der Waals surface area contributed by atoms with Crippen molar-refractivity contribution in [1.29, 1.82) is 0 Å². The lowest BCUT2D eigenvalue weighted by Crippen LogP contribution is -2.45. The molecule has 0 heterocycles. The van der Waals surface area contributed by atoms with Gasteiger partial charge in [-0.3, -0.25) is 4.79 Å². The van der Waals surface area contributed by atoms with E-state index in [1.165, 1.54) is 26.2 Å². The van der Waals surface area contributed by atoms with E-state index in [-0.39, 0.29) is 11.3 Å². The predicted molar refractivity (Wildman–Crippen MR) is 100 cm³/mol. The Hall–Kier alpha value is -2.69. The Labute approximate surface area is 154 Å². The van der Waals surface area contributed by atoms with Gasteiger partial charge in [0.15, 0.2) is 11.5 Å². The van der Waals surface area contributed by atoms with Crippen LogP contribution in [0.5, 0.6) is 17.2 Å². The molecule has 5 nitrogen and oxygen atoms in total. The third-order valence-electron chi connectivity index (χ3n) is 5.21. The zero-order valence-corrected chi connectivity index (χ0v) is 15.5. The number of nitrogens with one attached hydrogen (secondary N) is 1. The van der Waals surface area contributed by atoms with Gasteiger partial charge in [-0.25, -0.2) is 0 Å². The molecule has 1 saturated carbocycles. The fourth-order valence-electron chi connectivity index (χ4n) is 3.53. The molecule has 0 spiro atoms. The minimum atomic E-state index is -0.147. The van der Waals surface area contributed by atoms with E-state index in [2.05, 4.69) is 29.6 Å². The molecule has 2 aromatic carbocycles. The first-order valence-electron chi connectivity index (χ1n) is 8.77. The number of rotatable bonds is 7. The van der Waals surface area contributed by atoms with Gasteiger partial charge in [-0.2, -0.15) is 0 Å². The second kappa shape index (κ2) is 7.68. The highest BCUT2D eigenvalue weighted by Crippen LogP contribution is 2.43. The van der Waals surface area contributed by atoms with Crippen LogP contribution in [0.1, 0.15) is 35.2 Å². The van der Waals surface area contributed by atoms with E-state index in [1.54, 1.807) is 19.2 Å². The second-order valence-corrected chi connectivity index (χ2v) is 6.60. The molecule has 0 unspecified atom stereocenters. The smallest absolute Gasteiger partial charge is 0.251 e. The van der Waals surface area contributed by atoms with Gasteiger partial charge in [-0.1, -0.05) is 36.8 Å². The third kappa shape index (κ3) is 3.34. The fraction of sp³-hybridized carbons (Fsp3) is 0.381. The number of hydrogen-bond donors (Lipinski definition) is 1. The summed E-state index contributed by atoms with van der Waals surface area (Å²) < 4.78 is 16.0. The van der Waals surface area contributed by atoms with Crippen molar-refractivity contribution in [1.82, 2.24) is 5.32 Å². The van der Waals surface area contributed by atoms with E-state index in [4.69, 9.17) is 14.2 Å². The number of benzene rings is 2. The molecule has 0 aliphatic heterocycles. The van der Waals surface area contributed by atoms with Gasteiger partial charge in [-0.15, -0.1) is 0 Å². The van der Waals surface area contributed by atoms with Gasteiger partial charge < -0.3 is 19.5 Å². The maximum absolute atomic E-state index is 12.7. The van der Waals surface area contributed by atoms with Crippen molar-refractivity contribution in [3.8, 4) is 17.2 Å². The lowest BCUT2D eigenvalue weighted by atomic mass is 9.64. The lowest BCUT2D eigenvalue weighted by molar-refractivity contribution is 0.0927. The summed E-state index contributed by atoms with van der Waals surface area (Å²) in [5.41, 5.74) is 1.82. The minimum absolute atomic E-state index is 0.0392. The van der Waals surface area contributed by atoms with Crippen molar-refractivity contribution in [3.05, 3.63) is 53.6 Å². The van der Waals surface area contributed by atoms with E-state index in [9.17, 15) is 4.79 Å². The summed E-state index contributed by atoms with van der Waals surface area (Å²) in [6.07, 6.45) is 3.37. The summed E-state index contributed by atoms with van der Waals surface area (Å²) in [6, 6.07) is 13.8. The molecule has 1 aliphatic carbocycles. The first-order valence-corrected chi connectivity index (χ1v) is 8.77. The molecule has 1 fully saturated rings. The highest BCUT2D eigenvalue weighted by molar-refractivity contribution is 5.95. The van der Waals surface area contributed by atoms with Gasteiger partial charge in [0.25, 0.3) is 5.91 Å². The van der Waals surface area contributed by atoms with E-state index < -0.39 is 0 Å². The number of amides is 1. The normalized spacial score (nSPS) is 14.9. The number of methoxy groups -OCH3 is 3. The molecular weight excluding hydrogens is 330 g/mol. The molecule has 1 aliphatic rings. The standard InChI is InChI=1S/C21H25NO4/c1-24-17-12-15(13-18(25-2)19(17)26-3)20(23)22-14-21(10-7-11-21)16-8-5-4-6-9-16/h4-6,8-9,12-13H,7,10-11,14H2,1-3H3,(H,22,23). The van der Waals surface area contributed by atoms with E-state index >= 15 is 0 Å². The van der Waals surface area contributed by atoms with Crippen LogP contribution in [-0.2, 0) is 5.41 Å². The molecule has 138 valence electrons. The van der Waals surface area contributed by atoms with Crippen molar-refractivity contribution in [3.63, 3.8) is 0 Å². The summed E-state index contributed by atoms with van der Waals surface area (Å²) in [7, 11) is 4.62. The average molecular weight is 355 g/mol. The maximum atomic E-state index is 12.7. The van der Waals surface area contributed by atoms with Crippen LogP contribution in [-0.4, -0.2) is 33.8 Å². The van der Waals surface area contributed by atoms with Crippen LogP contribution in [0.15, 0.2) is 42.5 Å². The Morgan fingerprint density at radius 2 is 1.62 bits per heavy atom. The molecule has 2 aromatic rings. The molecule has 0 bridgehead atoms. The van der Waals surface area contributed by atoms with Crippen LogP contribution < -0.4 is 19.5 Å². The Balaban J connectivity index is 1.78. The average Bonchev–Trinajstić information content (AvgIpc) is 2.66. The summed E-state index contributed by atoms with van der Waals surface area (Å²) in [5, 5.41) is 3.09. The topological polar surface area (TPSA) is 56.8 Å². The molecule has 0 saturated heterocycles. The van der Waals surface area contributed by atoms with E-state index in [1.807, 2.05) is 6.07 Å². The molecule has 0 atom stereocenters. The molecule has 5 heteroatoms. The highest BCUT2D eigenvalue weighted by Gasteiger charge is 2.38. The monoisotopic (exact) mass is 355 g/mol. The zero-order chi connectivity index (χ0) is 18.6. The molecule has 1 amide bonds. The number of carbonyl (C=O) groups is 1. The maximum Gasteiger partial charge on any atom is 0.251 e. The summed E-state index contributed by atoms with van der Waals surface area (Å²) in [6.45, 7) is 0.618. The quantitative estimate of drug-likeness (QED) is 0.825. The zero-order valence-electron chi connectivity index (χ0n) is 15.5. The molecule has 0 radical (unpaired) electrons. The lowest BCUT2D eigenvalue weighted by Gasteiger charge is -2.42. The van der Waals surface area contributed by atoms with Crippen LogP contribution in [0.2, 0.25) is 0 Å². The van der Waals surface area contributed by atoms with Gasteiger partial charge >= 0.3 is 0 Å². The third-order valence-corrected chi connectivity index (χ3v) is 5.21. The molecule has 0 aromatic heterocycles. The molecule has 3 rings (SSSR count). The minimum Gasteiger partial charge on any atom is -0.493 e. The summed E-state index contributed by atoms with van der Waals surface area (Å²) in [5.74, 6) is 1.27. The molecule has 26 heavy (non-hydrogen) atoms. The van der Waals surface area contributed by atoms with E-state index in [0.717, 1.165) is 12.8 Å². The first kappa shape index (κ1) is 18.1. The number of hydrogen-bond acceptors (Lipinski definition) is 4. The van der Waals surface area contributed by atoms with Crippen molar-refractivity contribution >= 4 is 5.91 Å². The molecular formula is C21H25NO4. The Morgan fingerprint density at radius 1 is 1.00 bits per heavy atom. The second-order valence-electron chi connectivity index (χ2n) is 6.60. The molecule has 1 N–H and O–H groups in total. The fourth-order valence-corrected chi connectivity index (χ4v) is 3.53. The number of carbonyl (C=O) groups excluding carboxylic acids is 1. The Bertz CT molecular complexity index is 744. The summed E-state index contributed by atoms with van der Waals surface area (Å²) >= 11 is 0. The van der Waals surface area contributed by atoms with Crippen molar-refractivity contribution in [2.24, 2.45) is 0 Å². The van der Waals surface area contributed by atoms with Gasteiger partial charge in [0, 0.05) is 17.5 Å². The van der Waals surface area contributed by atoms with Crippen molar-refractivity contribution in [2.45, 2.75) is 24.7 Å². The van der Waals surface area contributed by atoms with Gasteiger partial charge in [0.1, 0.15) is 0 Å². The van der Waals surface area contributed by atoms with Crippen LogP contribution >= 0.6 is 0 Å². The highest BCUT2D eigenvalue weighted by atomic mass is 16.5. The Morgan fingerprint density at radius 3 is 2.08 bits per heavy atom. The first-order chi connectivity index (χ1) is 12.6. The van der Waals surface area contributed by atoms with Gasteiger partial charge in [0.2, 0.25) is 5.75 Å². The van der Waals surface area contributed by atoms with Crippen LogP contribution in [0.25, 0.3) is 0 Å². The largest absolute Gasteiger partial charge is 0.493 e. The van der Waals surface area contributed by atoms with Crippen molar-refractivity contribution in [2.75, 3.05) is 27.9 Å². The van der Waals surface area contributed by atoms with Crippen LogP contribution in [0.3, 0.4) is 0 Å². The van der Waals surface area contributed by atoms with Gasteiger partial charge in [-0.05, 0) is 30.5 Å². The summed E-state index contributed by atoms with van der Waals surface area (Å²) in [4.78, 5) is 12.7.